The molecule has 0 amide bonds. The van der Waals surface area contributed by atoms with Crippen molar-refractivity contribution in [3.63, 3.8) is 0 Å². The van der Waals surface area contributed by atoms with Crippen molar-refractivity contribution in [2.45, 2.75) is 20.8 Å². The van der Waals surface area contributed by atoms with Crippen molar-refractivity contribution in [3.05, 3.63) is 23.5 Å². The first-order valence-electron chi connectivity index (χ1n) is 6.06. The summed E-state index contributed by atoms with van der Waals surface area (Å²) in [6.07, 6.45) is 0. The van der Waals surface area contributed by atoms with Crippen LogP contribution in [-0.2, 0) is 0 Å². The minimum Gasteiger partial charge on any atom is -0.368 e. The molecule has 0 aliphatic carbocycles. The standard InChI is InChI=1S/C13H21N3/c1-10-8-14-6-7-16(9-10)13-5-4-11(2)15-12(13)3/h4-5,10,14H,6-9H2,1-3H3. The highest BCUT2D eigenvalue weighted by Crippen LogP contribution is 2.20. The van der Waals surface area contributed by atoms with Crippen LogP contribution < -0.4 is 10.2 Å². The van der Waals surface area contributed by atoms with Gasteiger partial charge in [0.1, 0.15) is 0 Å². The molecular formula is C13H21N3. The third-order valence-electron chi connectivity index (χ3n) is 3.12. The van der Waals surface area contributed by atoms with E-state index in [9.17, 15) is 0 Å². The fourth-order valence-electron chi connectivity index (χ4n) is 2.33. The van der Waals surface area contributed by atoms with Crippen LogP contribution in [0, 0.1) is 19.8 Å². The van der Waals surface area contributed by atoms with Crippen molar-refractivity contribution in [2.24, 2.45) is 5.92 Å². The lowest BCUT2D eigenvalue weighted by atomic mass is 10.1. The molecule has 0 saturated carbocycles. The molecule has 0 radical (unpaired) electrons. The summed E-state index contributed by atoms with van der Waals surface area (Å²) in [5, 5.41) is 3.47. The minimum atomic E-state index is 0.697. The lowest BCUT2D eigenvalue weighted by Gasteiger charge is -2.25. The first-order chi connectivity index (χ1) is 7.66. The number of aryl methyl sites for hydroxylation is 2. The van der Waals surface area contributed by atoms with Gasteiger partial charge in [0.15, 0.2) is 0 Å². The number of pyridine rings is 1. The van der Waals surface area contributed by atoms with Gasteiger partial charge in [-0.15, -0.1) is 0 Å². The van der Waals surface area contributed by atoms with E-state index in [1.54, 1.807) is 0 Å². The molecule has 1 aliphatic heterocycles. The average Bonchev–Trinajstić information content (AvgIpc) is 2.43. The van der Waals surface area contributed by atoms with E-state index in [2.05, 4.69) is 41.2 Å². The number of nitrogens with one attached hydrogen (secondary N) is 1. The molecule has 1 aromatic rings. The minimum absolute atomic E-state index is 0.697. The van der Waals surface area contributed by atoms with Crippen LogP contribution in [0.5, 0.6) is 0 Å². The molecule has 1 fully saturated rings. The Labute approximate surface area is 97.9 Å². The van der Waals surface area contributed by atoms with Crippen LogP contribution >= 0.6 is 0 Å². The topological polar surface area (TPSA) is 28.2 Å². The monoisotopic (exact) mass is 219 g/mol. The molecule has 1 saturated heterocycles. The van der Waals surface area contributed by atoms with Crippen molar-refractivity contribution in [3.8, 4) is 0 Å². The quantitative estimate of drug-likeness (QED) is 0.780. The maximum atomic E-state index is 4.54. The Balaban J connectivity index is 2.21. The van der Waals surface area contributed by atoms with Crippen LogP contribution in [-0.4, -0.2) is 31.2 Å². The van der Waals surface area contributed by atoms with Gasteiger partial charge in [-0.2, -0.15) is 0 Å². The van der Waals surface area contributed by atoms with E-state index in [4.69, 9.17) is 0 Å². The Morgan fingerprint density at radius 1 is 1.38 bits per heavy atom. The van der Waals surface area contributed by atoms with Crippen LogP contribution in [0.3, 0.4) is 0 Å². The fraction of sp³-hybridized carbons (Fsp3) is 0.615. The van der Waals surface area contributed by atoms with E-state index in [1.807, 2.05) is 6.92 Å². The summed E-state index contributed by atoms with van der Waals surface area (Å²) in [4.78, 5) is 6.99. The van der Waals surface area contributed by atoms with E-state index in [0.717, 1.165) is 37.6 Å². The van der Waals surface area contributed by atoms with Crippen molar-refractivity contribution in [2.75, 3.05) is 31.1 Å². The van der Waals surface area contributed by atoms with Crippen LogP contribution in [0.2, 0.25) is 0 Å². The van der Waals surface area contributed by atoms with Crippen molar-refractivity contribution in [1.29, 1.82) is 0 Å². The third kappa shape index (κ3) is 2.53. The zero-order valence-corrected chi connectivity index (χ0v) is 10.5. The smallest absolute Gasteiger partial charge is 0.0608 e. The zero-order chi connectivity index (χ0) is 11.5. The largest absolute Gasteiger partial charge is 0.368 e. The summed E-state index contributed by atoms with van der Waals surface area (Å²) < 4.78 is 0. The van der Waals surface area contributed by atoms with Gasteiger partial charge in [0.25, 0.3) is 0 Å². The van der Waals surface area contributed by atoms with Gasteiger partial charge >= 0.3 is 0 Å². The second kappa shape index (κ2) is 4.83. The highest BCUT2D eigenvalue weighted by Gasteiger charge is 2.16. The summed E-state index contributed by atoms with van der Waals surface area (Å²) >= 11 is 0. The van der Waals surface area contributed by atoms with Gasteiger partial charge in [-0.3, -0.25) is 4.98 Å². The molecule has 2 rings (SSSR count). The number of rotatable bonds is 1. The van der Waals surface area contributed by atoms with Crippen LogP contribution in [0.15, 0.2) is 12.1 Å². The molecule has 0 bridgehead atoms. The maximum Gasteiger partial charge on any atom is 0.0608 e. The van der Waals surface area contributed by atoms with E-state index in [-0.39, 0.29) is 0 Å². The predicted octanol–water partition coefficient (Wildman–Crippen LogP) is 1.74. The maximum absolute atomic E-state index is 4.54. The Morgan fingerprint density at radius 3 is 2.94 bits per heavy atom. The van der Waals surface area contributed by atoms with Crippen LogP contribution in [0.25, 0.3) is 0 Å². The number of aromatic nitrogens is 1. The van der Waals surface area contributed by atoms with Gasteiger partial charge in [-0.1, -0.05) is 6.92 Å². The van der Waals surface area contributed by atoms with Crippen molar-refractivity contribution >= 4 is 5.69 Å². The molecule has 88 valence electrons. The van der Waals surface area contributed by atoms with Gasteiger partial charge in [0.05, 0.1) is 11.4 Å². The van der Waals surface area contributed by atoms with Gasteiger partial charge < -0.3 is 10.2 Å². The number of anilines is 1. The van der Waals surface area contributed by atoms with E-state index in [0.29, 0.717) is 5.92 Å². The summed E-state index contributed by atoms with van der Waals surface area (Å²) in [5.74, 6) is 0.697. The summed E-state index contributed by atoms with van der Waals surface area (Å²) in [6.45, 7) is 10.8. The molecule has 1 aromatic heterocycles. The molecule has 0 spiro atoms. The molecule has 3 heteroatoms. The van der Waals surface area contributed by atoms with E-state index < -0.39 is 0 Å². The molecule has 2 heterocycles. The molecule has 1 atom stereocenters. The number of nitrogens with zero attached hydrogens (tertiary/aromatic N) is 2. The molecule has 16 heavy (non-hydrogen) atoms. The third-order valence-corrected chi connectivity index (χ3v) is 3.12. The SMILES string of the molecule is Cc1ccc(N2CCNCC(C)C2)c(C)n1. The molecule has 1 aliphatic rings. The highest BCUT2D eigenvalue weighted by molar-refractivity contribution is 5.50. The lowest BCUT2D eigenvalue weighted by Crippen LogP contribution is -2.30. The fourth-order valence-corrected chi connectivity index (χ4v) is 2.33. The number of hydrogen-bond acceptors (Lipinski definition) is 3. The molecule has 1 N–H and O–H groups in total. The Hall–Kier alpha value is -1.09. The second-order valence-corrected chi connectivity index (χ2v) is 4.81. The lowest BCUT2D eigenvalue weighted by molar-refractivity contribution is 0.563. The van der Waals surface area contributed by atoms with Crippen LogP contribution in [0.4, 0.5) is 5.69 Å². The zero-order valence-electron chi connectivity index (χ0n) is 10.5. The summed E-state index contributed by atoms with van der Waals surface area (Å²) in [5.41, 5.74) is 3.54. The van der Waals surface area contributed by atoms with Gasteiger partial charge in [-0.05, 0) is 38.4 Å². The second-order valence-electron chi connectivity index (χ2n) is 4.81. The first-order valence-corrected chi connectivity index (χ1v) is 6.06. The Kier molecular flexibility index (Phi) is 3.44. The number of hydrogen-bond donors (Lipinski definition) is 1. The van der Waals surface area contributed by atoms with Crippen molar-refractivity contribution < 1.29 is 0 Å². The molecule has 1 unspecified atom stereocenters. The highest BCUT2D eigenvalue weighted by atomic mass is 15.2. The van der Waals surface area contributed by atoms with Gasteiger partial charge in [-0.25, -0.2) is 0 Å². The van der Waals surface area contributed by atoms with Gasteiger partial charge in [0, 0.05) is 25.3 Å². The van der Waals surface area contributed by atoms with Crippen molar-refractivity contribution in [1.82, 2.24) is 10.3 Å². The molecular weight excluding hydrogens is 198 g/mol. The summed E-state index contributed by atoms with van der Waals surface area (Å²) in [6, 6.07) is 4.31. The first kappa shape index (κ1) is 11.4. The van der Waals surface area contributed by atoms with Gasteiger partial charge in [0.2, 0.25) is 0 Å². The molecule has 3 nitrogen and oxygen atoms in total. The molecule has 0 aromatic carbocycles. The predicted molar refractivity (Wildman–Crippen MR) is 68.0 cm³/mol. The van der Waals surface area contributed by atoms with E-state index in [1.165, 1.54) is 5.69 Å². The Bertz CT molecular complexity index is 362. The Morgan fingerprint density at radius 2 is 2.19 bits per heavy atom. The summed E-state index contributed by atoms with van der Waals surface area (Å²) in [7, 11) is 0. The van der Waals surface area contributed by atoms with E-state index >= 15 is 0 Å². The normalized spacial score (nSPS) is 21.9. The average molecular weight is 219 g/mol. The van der Waals surface area contributed by atoms with Crippen LogP contribution in [0.1, 0.15) is 18.3 Å².